The zero-order valence-corrected chi connectivity index (χ0v) is 13.9. The molecule has 2 nitrogen and oxygen atoms in total. The predicted molar refractivity (Wildman–Crippen MR) is 88.4 cm³/mol. The Labute approximate surface area is 132 Å². The summed E-state index contributed by atoms with van der Waals surface area (Å²) < 4.78 is 2.13. The quantitative estimate of drug-likeness (QED) is 0.780. The average Bonchev–Trinajstić information content (AvgIpc) is 2.76. The molecule has 0 unspecified atom stereocenters. The van der Waals surface area contributed by atoms with Crippen LogP contribution in [0.25, 0.3) is 5.69 Å². The van der Waals surface area contributed by atoms with Crippen molar-refractivity contribution in [2.75, 3.05) is 0 Å². The van der Waals surface area contributed by atoms with Crippen molar-refractivity contribution in [1.29, 1.82) is 0 Å². The average molecular weight is 303 g/mol. The summed E-state index contributed by atoms with van der Waals surface area (Å²) in [6.07, 6.45) is 5.69. The van der Waals surface area contributed by atoms with Crippen LogP contribution < -0.4 is 0 Å². The number of aromatic nitrogens is 2. The number of fused-ring (bicyclic) bond motifs is 1. The van der Waals surface area contributed by atoms with E-state index >= 15 is 0 Å². The van der Waals surface area contributed by atoms with Crippen LogP contribution in [0.2, 0.25) is 5.02 Å². The third-order valence-corrected chi connectivity index (χ3v) is 4.65. The molecule has 0 N–H and O–H groups in total. The molecule has 0 amide bonds. The molecule has 112 valence electrons. The molecule has 0 bridgehead atoms. The summed E-state index contributed by atoms with van der Waals surface area (Å²) in [5.41, 5.74) is 5.59. The van der Waals surface area contributed by atoms with Crippen LogP contribution in [0.15, 0.2) is 24.3 Å². The Hall–Kier alpha value is -1.28. The van der Waals surface area contributed by atoms with Crippen LogP contribution in [-0.4, -0.2) is 9.78 Å². The van der Waals surface area contributed by atoms with Gasteiger partial charge in [-0.25, -0.2) is 4.68 Å². The fourth-order valence-electron chi connectivity index (χ4n) is 3.27. The van der Waals surface area contributed by atoms with E-state index < -0.39 is 0 Å². The van der Waals surface area contributed by atoms with Gasteiger partial charge in [0.2, 0.25) is 0 Å². The molecule has 1 heterocycles. The van der Waals surface area contributed by atoms with Crippen molar-refractivity contribution >= 4 is 11.6 Å². The van der Waals surface area contributed by atoms with Gasteiger partial charge in [0.1, 0.15) is 0 Å². The van der Waals surface area contributed by atoms with Crippen LogP contribution in [0.1, 0.15) is 50.6 Å². The van der Waals surface area contributed by atoms with Crippen molar-refractivity contribution in [3.05, 3.63) is 46.2 Å². The minimum absolute atomic E-state index is 0.354. The first-order chi connectivity index (χ1) is 10.00. The van der Waals surface area contributed by atoms with Crippen LogP contribution in [0.3, 0.4) is 0 Å². The van der Waals surface area contributed by atoms with Gasteiger partial charge in [-0.05, 0) is 54.9 Å². The summed E-state index contributed by atoms with van der Waals surface area (Å²) in [6, 6.07) is 8.01. The topological polar surface area (TPSA) is 17.8 Å². The zero-order valence-electron chi connectivity index (χ0n) is 13.1. The first kappa shape index (κ1) is 14.6. The molecular formula is C18H23ClN2. The maximum absolute atomic E-state index is 6.16. The Balaban J connectivity index is 2.12. The predicted octanol–water partition coefficient (Wildman–Crippen LogP) is 4.99. The molecule has 0 saturated carbocycles. The lowest BCUT2D eigenvalue weighted by Gasteiger charge is -2.30. The second-order valence-corrected chi connectivity index (χ2v) is 7.29. The van der Waals surface area contributed by atoms with Gasteiger partial charge in [-0.15, -0.1) is 0 Å². The molecule has 3 heteroatoms. The van der Waals surface area contributed by atoms with E-state index in [1.54, 1.807) is 0 Å². The number of nitrogens with zero attached hydrogens (tertiary/aromatic N) is 2. The maximum atomic E-state index is 6.16. The van der Waals surface area contributed by atoms with Crippen LogP contribution >= 0.6 is 11.6 Å². The van der Waals surface area contributed by atoms with Gasteiger partial charge in [0, 0.05) is 10.7 Å². The first-order valence-corrected chi connectivity index (χ1v) is 8.23. The van der Waals surface area contributed by atoms with Gasteiger partial charge in [-0.1, -0.05) is 44.9 Å². The third-order valence-electron chi connectivity index (χ3n) is 4.41. The minimum Gasteiger partial charge on any atom is -0.237 e. The van der Waals surface area contributed by atoms with Gasteiger partial charge < -0.3 is 0 Å². The van der Waals surface area contributed by atoms with E-state index in [0.29, 0.717) is 5.41 Å². The Morgan fingerprint density at radius 3 is 2.86 bits per heavy atom. The highest BCUT2D eigenvalue weighted by Crippen LogP contribution is 2.37. The molecule has 1 aliphatic carbocycles. The molecule has 0 fully saturated rings. The summed E-state index contributed by atoms with van der Waals surface area (Å²) >= 11 is 6.16. The van der Waals surface area contributed by atoms with Gasteiger partial charge in [0.15, 0.2) is 0 Å². The second kappa shape index (κ2) is 5.49. The van der Waals surface area contributed by atoms with Crippen LogP contribution in [0.4, 0.5) is 0 Å². The first-order valence-electron chi connectivity index (χ1n) is 7.86. The largest absolute Gasteiger partial charge is 0.237 e. The van der Waals surface area contributed by atoms with Gasteiger partial charge in [-0.2, -0.15) is 5.10 Å². The second-order valence-electron chi connectivity index (χ2n) is 6.85. The molecule has 0 saturated heterocycles. The Morgan fingerprint density at radius 1 is 1.33 bits per heavy atom. The molecule has 0 atom stereocenters. The van der Waals surface area contributed by atoms with Crippen molar-refractivity contribution in [3.63, 3.8) is 0 Å². The number of benzene rings is 1. The lowest BCUT2D eigenvalue weighted by atomic mass is 9.76. The van der Waals surface area contributed by atoms with Crippen molar-refractivity contribution in [1.82, 2.24) is 9.78 Å². The number of aryl methyl sites for hydroxylation is 1. The number of rotatable bonds is 3. The van der Waals surface area contributed by atoms with E-state index in [1.165, 1.54) is 23.4 Å². The Bertz CT molecular complexity index is 655. The van der Waals surface area contributed by atoms with E-state index in [2.05, 4.69) is 31.5 Å². The lowest BCUT2D eigenvalue weighted by molar-refractivity contribution is 0.309. The molecule has 0 spiro atoms. The standard InChI is InChI=1S/C18H23ClN2/c1-4-6-16-15-9-10-18(2,3)12-17(15)21(20-16)14-8-5-7-13(19)11-14/h5,7-8,11H,4,6,9-10,12H2,1-3H3. The van der Waals surface area contributed by atoms with Crippen LogP contribution in [0.5, 0.6) is 0 Å². The van der Waals surface area contributed by atoms with E-state index in [4.69, 9.17) is 16.7 Å². The monoisotopic (exact) mass is 302 g/mol. The minimum atomic E-state index is 0.354. The van der Waals surface area contributed by atoms with Crippen molar-refractivity contribution in [2.24, 2.45) is 5.41 Å². The zero-order chi connectivity index (χ0) is 15.0. The molecule has 0 aliphatic heterocycles. The number of halogens is 1. The molecule has 0 radical (unpaired) electrons. The third kappa shape index (κ3) is 2.87. The molecule has 1 aromatic heterocycles. The highest BCUT2D eigenvalue weighted by Gasteiger charge is 2.30. The number of hydrogen-bond acceptors (Lipinski definition) is 1. The van der Waals surface area contributed by atoms with Crippen molar-refractivity contribution < 1.29 is 0 Å². The fraction of sp³-hybridized carbons (Fsp3) is 0.500. The van der Waals surface area contributed by atoms with Gasteiger partial charge >= 0.3 is 0 Å². The molecular weight excluding hydrogens is 280 g/mol. The smallest absolute Gasteiger partial charge is 0.0663 e. The molecule has 1 aromatic carbocycles. The van der Waals surface area contributed by atoms with E-state index in [1.807, 2.05) is 18.2 Å². The van der Waals surface area contributed by atoms with E-state index in [9.17, 15) is 0 Å². The molecule has 2 aromatic rings. The van der Waals surface area contributed by atoms with Crippen LogP contribution in [0, 0.1) is 5.41 Å². The number of hydrogen-bond donors (Lipinski definition) is 0. The lowest BCUT2D eigenvalue weighted by Crippen LogP contribution is -2.23. The van der Waals surface area contributed by atoms with Gasteiger partial charge in [-0.3, -0.25) is 0 Å². The van der Waals surface area contributed by atoms with Gasteiger partial charge in [0.25, 0.3) is 0 Å². The van der Waals surface area contributed by atoms with E-state index in [-0.39, 0.29) is 0 Å². The summed E-state index contributed by atoms with van der Waals surface area (Å²) in [5, 5.41) is 5.68. The summed E-state index contributed by atoms with van der Waals surface area (Å²) in [6.45, 7) is 6.92. The molecule has 1 aliphatic rings. The van der Waals surface area contributed by atoms with Gasteiger partial charge in [0.05, 0.1) is 11.4 Å². The molecule has 21 heavy (non-hydrogen) atoms. The van der Waals surface area contributed by atoms with Crippen molar-refractivity contribution in [2.45, 2.75) is 52.9 Å². The van der Waals surface area contributed by atoms with Crippen molar-refractivity contribution in [3.8, 4) is 5.69 Å². The highest BCUT2D eigenvalue weighted by atomic mass is 35.5. The molecule has 3 rings (SSSR count). The Kier molecular flexibility index (Phi) is 3.83. The van der Waals surface area contributed by atoms with E-state index in [0.717, 1.165) is 36.4 Å². The summed E-state index contributed by atoms with van der Waals surface area (Å²) in [4.78, 5) is 0. The maximum Gasteiger partial charge on any atom is 0.0663 e. The summed E-state index contributed by atoms with van der Waals surface area (Å²) in [7, 11) is 0. The summed E-state index contributed by atoms with van der Waals surface area (Å²) in [5.74, 6) is 0. The SMILES string of the molecule is CCCc1nn(-c2cccc(Cl)c2)c2c1CCC(C)(C)C2. The Morgan fingerprint density at radius 2 is 2.14 bits per heavy atom. The normalized spacial score (nSPS) is 16.8. The van der Waals surface area contributed by atoms with Crippen LogP contribution in [-0.2, 0) is 19.3 Å². The highest BCUT2D eigenvalue weighted by molar-refractivity contribution is 6.30. The fourth-order valence-corrected chi connectivity index (χ4v) is 3.45.